The lowest BCUT2D eigenvalue weighted by Crippen LogP contribution is -2.53. The highest BCUT2D eigenvalue weighted by Gasteiger charge is 2.54. The Hall–Kier alpha value is -3.55. The SMILES string of the molecule is COC(=O)C1=C(CN2CCN3C(=O)N(CC4(C(=O)O)CC4)CC3C2)NC(c2nccs2)=NC1c1ccc(F)cc1Cl. The Kier molecular flexibility index (Phi) is 7.20. The number of rotatable bonds is 8. The molecular weight excluding hydrogens is 575 g/mol. The van der Waals surface area contributed by atoms with Crippen LogP contribution in [0.25, 0.3) is 0 Å². The molecule has 41 heavy (non-hydrogen) atoms. The number of thiazole rings is 1. The molecule has 1 aliphatic carbocycles. The van der Waals surface area contributed by atoms with Crippen molar-refractivity contribution in [1.82, 2.24) is 25.0 Å². The highest BCUT2D eigenvalue weighted by atomic mass is 35.5. The number of methoxy groups -OCH3 is 1. The van der Waals surface area contributed by atoms with Gasteiger partial charge in [-0.05, 0) is 25.0 Å². The molecule has 0 bridgehead atoms. The summed E-state index contributed by atoms with van der Waals surface area (Å²) >= 11 is 7.82. The average Bonchev–Trinajstić information content (AvgIpc) is 3.40. The molecule has 0 radical (unpaired) electrons. The van der Waals surface area contributed by atoms with Crippen molar-refractivity contribution in [2.75, 3.05) is 46.4 Å². The van der Waals surface area contributed by atoms with Crippen molar-refractivity contribution in [3.8, 4) is 0 Å². The number of carboxylic acid groups (broad SMARTS) is 1. The third-order valence-electron chi connectivity index (χ3n) is 8.12. The smallest absolute Gasteiger partial charge is 0.338 e. The molecule has 2 unspecified atom stereocenters. The topological polar surface area (TPSA) is 128 Å². The second-order valence-corrected chi connectivity index (χ2v) is 12.0. The number of carbonyl (C=O) groups is 3. The number of aliphatic carboxylic acids is 1. The number of piperazine rings is 1. The number of ether oxygens (including phenoxy) is 1. The van der Waals surface area contributed by atoms with Crippen molar-refractivity contribution >= 4 is 46.7 Å². The van der Waals surface area contributed by atoms with Crippen molar-refractivity contribution in [3.63, 3.8) is 0 Å². The Morgan fingerprint density at radius 2 is 2.10 bits per heavy atom. The minimum absolute atomic E-state index is 0.110. The number of carbonyl (C=O) groups excluding carboxylic acids is 2. The molecule has 216 valence electrons. The summed E-state index contributed by atoms with van der Waals surface area (Å²) in [5.41, 5.74) is 0.444. The van der Waals surface area contributed by atoms with Gasteiger partial charge in [0.25, 0.3) is 0 Å². The number of aliphatic imine (C=N–C) groups is 1. The molecule has 2 aromatic rings. The number of nitrogens with one attached hydrogen (secondary N) is 1. The van der Waals surface area contributed by atoms with Crippen LogP contribution in [0.15, 0.2) is 46.0 Å². The maximum absolute atomic E-state index is 13.9. The van der Waals surface area contributed by atoms with Gasteiger partial charge in [-0.25, -0.2) is 19.0 Å². The highest BCUT2D eigenvalue weighted by Crippen LogP contribution is 2.47. The number of amidine groups is 1. The molecule has 1 saturated carbocycles. The van der Waals surface area contributed by atoms with Gasteiger partial charge in [-0.1, -0.05) is 17.7 Å². The van der Waals surface area contributed by atoms with Crippen LogP contribution in [0.4, 0.5) is 9.18 Å². The molecule has 14 heteroatoms. The molecule has 2 atom stereocenters. The second-order valence-electron chi connectivity index (χ2n) is 10.7. The van der Waals surface area contributed by atoms with E-state index < -0.39 is 29.2 Å². The molecule has 3 fully saturated rings. The Labute approximate surface area is 244 Å². The van der Waals surface area contributed by atoms with Crippen LogP contribution in [0.1, 0.15) is 29.5 Å². The first kappa shape index (κ1) is 27.6. The fourth-order valence-electron chi connectivity index (χ4n) is 5.77. The van der Waals surface area contributed by atoms with Crippen LogP contribution in [-0.2, 0) is 14.3 Å². The van der Waals surface area contributed by atoms with Gasteiger partial charge in [0.15, 0.2) is 10.8 Å². The Morgan fingerprint density at radius 3 is 2.76 bits per heavy atom. The van der Waals surface area contributed by atoms with Crippen LogP contribution in [-0.4, -0.2) is 101 Å². The number of amides is 2. The monoisotopic (exact) mass is 602 g/mol. The van der Waals surface area contributed by atoms with Crippen LogP contribution >= 0.6 is 22.9 Å². The summed E-state index contributed by atoms with van der Waals surface area (Å²) in [6.45, 7) is 2.55. The van der Waals surface area contributed by atoms with E-state index >= 15 is 0 Å². The minimum atomic E-state index is -0.860. The fourth-order valence-corrected chi connectivity index (χ4v) is 6.62. The van der Waals surface area contributed by atoms with Gasteiger partial charge in [-0.3, -0.25) is 14.7 Å². The first-order valence-electron chi connectivity index (χ1n) is 13.2. The van der Waals surface area contributed by atoms with E-state index in [0.29, 0.717) is 67.7 Å². The number of nitrogens with zero attached hydrogens (tertiary/aromatic N) is 5. The zero-order chi connectivity index (χ0) is 28.9. The summed E-state index contributed by atoms with van der Waals surface area (Å²) in [4.78, 5) is 52.7. The molecule has 6 rings (SSSR count). The number of urea groups is 1. The molecule has 4 heterocycles. The molecule has 11 nitrogen and oxygen atoms in total. The molecule has 3 aliphatic heterocycles. The summed E-state index contributed by atoms with van der Waals surface area (Å²) in [5, 5.41) is 15.5. The summed E-state index contributed by atoms with van der Waals surface area (Å²) < 4.78 is 19.1. The van der Waals surface area contributed by atoms with E-state index in [2.05, 4.69) is 15.2 Å². The first-order valence-corrected chi connectivity index (χ1v) is 14.5. The maximum atomic E-state index is 13.9. The number of aromatic nitrogens is 1. The number of halogens is 2. The van der Waals surface area contributed by atoms with Gasteiger partial charge in [0.2, 0.25) is 0 Å². The summed E-state index contributed by atoms with van der Waals surface area (Å²) in [6, 6.07) is 2.87. The van der Waals surface area contributed by atoms with Crippen molar-refractivity contribution in [2.24, 2.45) is 10.4 Å². The normalized spacial score (nSPS) is 23.7. The lowest BCUT2D eigenvalue weighted by atomic mass is 9.95. The van der Waals surface area contributed by atoms with E-state index in [1.807, 2.05) is 10.3 Å². The third kappa shape index (κ3) is 5.17. The maximum Gasteiger partial charge on any atom is 0.338 e. The first-order chi connectivity index (χ1) is 19.7. The molecule has 2 N–H and O–H groups in total. The van der Waals surface area contributed by atoms with Crippen molar-refractivity contribution in [3.05, 3.63) is 62.5 Å². The predicted molar refractivity (Wildman–Crippen MR) is 148 cm³/mol. The van der Waals surface area contributed by atoms with Crippen LogP contribution in [0.5, 0.6) is 0 Å². The quantitative estimate of drug-likeness (QED) is 0.442. The second kappa shape index (κ2) is 10.7. The number of hydrogen-bond acceptors (Lipinski definition) is 9. The standard InChI is InChI=1S/C27H28ClFN6O5S/c1-40-24(36)20-19(31-22(23-30-6-9-41-23)32-21(20)17-3-2-15(29)10-18(17)28)13-33-7-8-35-16(11-33)12-34(26(35)39)14-27(4-5-27)25(37)38/h2-3,6,9-10,16,21H,4-5,7-8,11-14H2,1H3,(H,31,32)(H,37,38). The zero-order valence-corrected chi connectivity index (χ0v) is 23.8. The van der Waals surface area contributed by atoms with Crippen LogP contribution in [0.2, 0.25) is 5.02 Å². The third-order valence-corrected chi connectivity index (χ3v) is 9.23. The number of benzene rings is 1. The zero-order valence-electron chi connectivity index (χ0n) is 22.2. The molecule has 4 aliphatic rings. The highest BCUT2D eigenvalue weighted by molar-refractivity contribution is 7.11. The molecule has 0 spiro atoms. The van der Waals surface area contributed by atoms with Crippen LogP contribution in [0.3, 0.4) is 0 Å². The van der Waals surface area contributed by atoms with Crippen LogP contribution < -0.4 is 5.32 Å². The van der Waals surface area contributed by atoms with Crippen LogP contribution in [0, 0.1) is 11.2 Å². The van der Waals surface area contributed by atoms with E-state index in [1.165, 1.54) is 36.6 Å². The van der Waals surface area contributed by atoms with E-state index in [9.17, 15) is 23.9 Å². The van der Waals surface area contributed by atoms with Gasteiger partial charge in [0, 0.05) is 67.1 Å². The van der Waals surface area contributed by atoms with Crippen molar-refractivity contribution < 1.29 is 28.6 Å². The number of fused-ring (bicyclic) bond motifs is 1. The van der Waals surface area contributed by atoms with Gasteiger partial charge in [0.1, 0.15) is 11.9 Å². The average molecular weight is 603 g/mol. The fraction of sp³-hybridized carbons (Fsp3) is 0.444. The van der Waals surface area contributed by atoms with E-state index in [-0.39, 0.29) is 29.2 Å². The lowest BCUT2D eigenvalue weighted by Gasteiger charge is -2.38. The Balaban J connectivity index is 1.28. The molecule has 1 aromatic heterocycles. The summed E-state index contributed by atoms with van der Waals surface area (Å²) in [5.74, 6) is -1.49. The van der Waals surface area contributed by atoms with Gasteiger partial charge in [-0.15, -0.1) is 11.3 Å². The number of carboxylic acids is 1. The number of hydrogen-bond donors (Lipinski definition) is 2. The van der Waals surface area contributed by atoms with Crippen molar-refractivity contribution in [2.45, 2.75) is 24.9 Å². The molecule has 2 amide bonds. The molecule has 1 aromatic carbocycles. The van der Waals surface area contributed by atoms with E-state index in [1.54, 1.807) is 11.1 Å². The Morgan fingerprint density at radius 1 is 1.29 bits per heavy atom. The molecular formula is C27H28ClFN6O5S. The largest absolute Gasteiger partial charge is 0.481 e. The minimum Gasteiger partial charge on any atom is -0.481 e. The predicted octanol–water partition coefficient (Wildman–Crippen LogP) is 2.74. The molecule has 2 saturated heterocycles. The Bertz CT molecular complexity index is 1460. The van der Waals surface area contributed by atoms with Crippen molar-refractivity contribution in [1.29, 1.82) is 0 Å². The number of esters is 1. The summed E-state index contributed by atoms with van der Waals surface area (Å²) in [7, 11) is 1.29. The summed E-state index contributed by atoms with van der Waals surface area (Å²) in [6.07, 6.45) is 2.82. The lowest BCUT2D eigenvalue weighted by molar-refractivity contribution is -0.143. The van der Waals surface area contributed by atoms with E-state index in [4.69, 9.17) is 21.3 Å². The van der Waals surface area contributed by atoms with E-state index in [0.717, 1.165) is 0 Å². The van der Waals surface area contributed by atoms with Gasteiger partial charge < -0.3 is 25.0 Å². The van der Waals surface area contributed by atoms with Gasteiger partial charge in [0.05, 0.1) is 24.1 Å². The van der Waals surface area contributed by atoms with Gasteiger partial charge in [-0.2, -0.15) is 0 Å². The van der Waals surface area contributed by atoms with Gasteiger partial charge >= 0.3 is 18.0 Å².